The molecule has 0 fully saturated rings. The minimum Gasteiger partial charge on any atom is -0.462 e. The first-order chi connectivity index (χ1) is 26.6. The molecule has 0 heterocycles. The largest absolute Gasteiger partial charge is 0.462 e. The van der Waals surface area contributed by atoms with Crippen molar-refractivity contribution < 1.29 is 23.8 Å². The zero-order valence-corrected chi connectivity index (χ0v) is 35.5. The number of hydrogen-bond acceptors (Lipinski definition) is 5. The lowest BCUT2D eigenvalue weighted by atomic mass is 10.1. The average Bonchev–Trinajstić information content (AvgIpc) is 3.17. The highest BCUT2D eigenvalue weighted by molar-refractivity contribution is 5.70. The highest BCUT2D eigenvalue weighted by Crippen LogP contribution is 2.13. The van der Waals surface area contributed by atoms with Crippen LogP contribution in [0.2, 0.25) is 0 Å². The third kappa shape index (κ3) is 42.1. The van der Waals surface area contributed by atoms with Gasteiger partial charge in [-0.15, -0.1) is 0 Å². The molecule has 54 heavy (non-hydrogen) atoms. The van der Waals surface area contributed by atoms with Crippen LogP contribution in [0.5, 0.6) is 0 Å². The van der Waals surface area contributed by atoms with Gasteiger partial charge in [-0.2, -0.15) is 0 Å². The Morgan fingerprint density at radius 2 is 0.907 bits per heavy atom. The third-order valence-corrected chi connectivity index (χ3v) is 9.22. The van der Waals surface area contributed by atoms with E-state index in [0.29, 0.717) is 25.9 Å². The van der Waals surface area contributed by atoms with Crippen LogP contribution in [-0.2, 0) is 23.8 Å². The maximum atomic E-state index is 12.7. The molecule has 0 aromatic heterocycles. The Morgan fingerprint density at radius 3 is 1.48 bits per heavy atom. The summed E-state index contributed by atoms with van der Waals surface area (Å²) in [4.78, 5) is 25.2. The number of rotatable bonds is 40. The van der Waals surface area contributed by atoms with E-state index in [-0.39, 0.29) is 25.2 Å². The Hall–Kier alpha value is -2.66. The van der Waals surface area contributed by atoms with E-state index >= 15 is 0 Å². The van der Waals surface area contributed by atoms with Gasteiger partial charge in [-0.05, 0) is 70.6 Å². The molecule has 1 atom stereocenters. The van der Waals surface area contributed by atoms with Crippen molar-refractivity contribution in [2.24, 2.45) is 0 Å². The first kappa shape index (κ1) is 51.3. The topological polar surface area (TPSA) is 61.8 Å². The Balaban J connectivity index is 4.37. The Kier molecular flexibility index (Phi) is 42.5. The molecule has 5 heteroatoms. The molecular weight excluding hydrogens is 669 g/mol. The Bertz CT molecular complexity index is 988. The molecule has 5 nitrogen and oxygen atoms in total. The number of esters is 2. The lowest BCUT2D eigenvalue weighted by Crippen LogP contribution is -2.30. The molecule has 0 aromatic rings. The van der Waals surface area contributed by atoms with E-state index in [1.54, 1.807) is 0 Å². The number of hydrogen-bond donors (Lipinski definition) is 0. The summed E-state index contributed by atoms with van der Waals surface area (Å²) in [7, 11) is 0. The summed E-state index contributed by atoms with van der Waals surface area (Å²) in [5.41, 5.74) is 0. The second-order valence-electron chi connectivity index (χ2n) is 14.6. The number of carbonyl (C=O) groups excluding carboxylic acids is 2. The lowest BCUT2D eigenvalue weighted by Gasteiger charge is -2.18. The highest BCUT2D eigenvalue weighted by Gasteiger charge is 2.17. The zero-order valence-electron chi connectivity index (χ0n) is 35.5. The second-order valence-corrected chi connectivity index (χ2v) is 14.6. The molecule has 0 aromatic carbocycles. The molecule has 0 bridgehead atoms. The standard InChI is InChI=1S/C49H84O5/c1-4-7-10-13-16-19-22-24-26-29-32-35-38-41-44-52-45-47(54-49(51)43-40-37-34-31-27-21-18-15-12-9-6-3)46-53-48(50)42-39-36-33-30-28-25-23-20-17-14-11-8-5-2/h8,10-11,13,17,19-20,22,25,28,33,36,47H,4-7,9,12,14-16,18,21,23-24,26-27,29-32,34-35,37-46H2,1-3H3/b11-8-,13-10-,20-17-,22-19-,28-25-,36-33-. The number of ether oxygens (including phenoxy) is 3. The van der Waals surface area contributed by atoms with Crippen molar-refractivity contribution in [3.05, 3.63) is 72.9 Å². The van der Waals surface area contributed by atoms with Crippen molar-refractivity contribution in [3.8, 4) is 0 Å². The summed E-state index contributed by atoms with van der Waals surface area (Å²) in [6, 6.07) is 0. The van der Waals surface area contributed by atoms with Crippen LogP contribution in [0.3, 0.4) is 0 Å². The minimum atomic E-state index is -0.568. The molecule has 310 valence electrons. The first-order valence-corrected chi connectivity index (χ1v) is 22.5. The zero-order chi connectivity index (χ0) is 39.3. The van der Waals surface area contributed by atoms with Crippen LogP contribution >= 0.6 is 0 Å². The summed E-state index contributed by atoms with van der Waals surface area (Å²) in [5, 5.41) is 0. The molecule has 0 saturated carbocycles. The van der Waals surface area contributed by atoms with E-state index in [1.807, 2.05) is 6.08 Å². The van der Waals surface area contributed by atoms with Crippen molar-refractivity contribution in [3.63, 3.8) is 0 Å². The van der Waals surface area contributed by atoms with Crippen LogP contribution in [-0.4, -0.2) is 37.9 Å². The van der Waals surface area contributed by atoms with Gasteiger partial charge in [0, 0.05) is 19.4 Å². The van der Waals surface area contributed by atoms with Gasteiger partial charge in [0.1, 0.15) is 6.61 Å². The molecule has 0 radical (unpaired) electrons. The second kappa shape index (κ2) is 44.7. The van der Waals surface area contributed by atoms with Crippen LogP contribution in [0.4, 0.5) is 0 Å². The quantitative estimate of drug-likeness (QED) is 0.0354. The molecule has 0 aliphatic rings. The van der Waals surface area contributed by atoms with Gasteiger partial charge in [-0.1, -0.05) is 190 Å². The summed E-state index contributed by atoms with van der Waals surface area (Å²) in [6.07, 6.45) is 56.2. The molecular formula is C49H84O5. The molecule has 1 unspecified atom stereocenters. The molecule has 0 N–H and O–H groups in total. The molecule has 0 rings (SSSR count). The number of allylic oxidation sites excluding steroid dienone is 12. The SMILES string of the molecule is CC/C=C\C/C=C\C/C=C\C/C=C\CCC(=O)OCC(COCCCCCCCC/C=C\C/C=C\CCC)OC(=O)CCCCCCCCCCCCC. The van der Waals surface area contributed by atoms with E-state index in [0.717, 1.165) is 57.8 Å². The number of unbranched alkanes of at least 4 members (excludes halogenated alkanes) is 17. The smallest absolute Gasteiger partial charge is 0.306 e. The van der Waals surface area contributed by atoms with Gasteiger partial charge in [0.25, 0.3) is 0 Å². The molecule has 0 saturated heterocycles. The predicted molar refractivity (Wildman–Crippen MR) is 233 cm³/mol. The number of carbonyl (C=O) groups is 2. The van der Waals surface area contributed by atoms with Crippen LogP contribution in [0, 0.1) is 0 Å². The molecule has 0 aliphatic heterocycles. The summed E-state index contributed by atoms with van der Waals surface area (Å²) >= 11 is 0. The van der Waals surface area contributed by atoms with Crippen molar-refractivity contribution in [2.75, 3.05) is 19.8 Å². The normalized spacial score (nSPS) is 12.9. The van der Waals surface area contributed by atoms with Crippen LogP contribution in [0.25, 0.3) is 0 Å². The Labute approximate surface area is 334 Å². The first-order valence-electron chi connectivity index (χ1n) is 22.5. The maximum Gasteiger partial charge on any atom is 0.306 e. The minimum absolute atomic E-state index is 0.0422. The van der Waals surface area contributed by atoms with E-state index in [9.17, 15) is 9.59 Å². The fourth-order valence-corrected chi connectivity index (χ4v) is 5.91. The summed E-state index contributed by atoms with van der Waals surface area (Å²) in [5.74, 6) is -0.499. The summed E-state index contributed by atoms with van der Waals surface area (Å²) in [6.45, 7) is 7.54. The Morgan fingerprint density at radius 1 is 0.426 bits per heavy atom. The van der Waals surface area contributed by atoms with Gasteiger partial charge in [-0.3, -0.25) is 9.59 Å². The monoisotopic (exact) mass is 753 g/mol. The lowest BCUT2D eigenvalue weighted by molar-refractivity contribution is -0.162. The molecule has 0 amide bonds. The third-order valence-electron chi connectivity index (χ3n) is 9.22. The van der Waals surface area contributed by atoms with Crippen molar-refractivity contribution in [1.82, 2.24) is 0 Å². The van der Waals surface area contributed by atoms with Gasteiger partial charge in [0.15, 0.2) is 6.10 Å². The highest BCUT2D eigenvalue weighted by atomic mass is 16.6. The van der Waals surface area contributed by atoms with Crippen molar-refractivity contribution >= 4 is 11.9 Å². The molecule has 0 spiro atoms. The fraction of sp³-hybridized carbons (Fsp3) is 0.714. The van der Waals surface area contributed by atoms with Crippen LogP contribution in [0.15, 0.2) is 72.9 Å². The average molecular weight is 753 g/mol. The molecule has 0 aliphatic carbocycles. The van der Waals surface area contributed by atoms with Gasteiger partial charge in [0.05, 0.1) is 6.61 Å². The van der Waals surface area contributed by atoms with Crippen molar-refractivity contribution in [2.45, 2.75) is 207 Å². The van der Waals surface area contributed by atoms with Gasteiger partial charge >= 0.3 is 11.9 Å². The van der Waals surface area contributed by atoms with Crippen LogP contribution in [0.1, 0.15) is 201 Å². The van der Waals surface area contributed by atoms with Crippen LogP contribution < -0.4 is 0 Å². The maximum absolute atomic E-state index is 12.7. The van der Waals surface area contributed by atoms with E-state index in [2.05, 4.69) is 87.6 Å². The van der Waals surface area contributed by atoms with Gasteiger partial charge < -0.3 is 14.2 Å². The predicted octanol–water partition coefficient (Wildman–Crippen LogP) is 14.8. The van der Waals surface area contributed by atoms with E-state index in [4.69, 9.17) is 14.2 Å². The van der Waals surface area contributed by atoms with Crippen molar-refractivity contribution in [1.29, 1.82) is 0 Å². The van der Waals surface area contributed by atoms with Gasteiger partial charge in [0.2, 0.25) is 0 Å². The van der Waals surface area contributed by atoms with E-state index < -0.39 is 6.10 Å². The summed E-state index contributed by atoms with van der Waals surface area (Å²) < 4.78 is 17.2. The van der Waals surface area contributed by atoms with E-state index in [1.165, 1.54) is 103 Å². The van der Waals surface area contributed by atoms with Gasteiger partial charge in [-0.25, -0.2) is 0 Å². The fourth-order valence-electron chi connectivity index (χ4n) is 5.91.